The molecule has 0 aliphatic carbocycles. The number of fused-ring (bicyclic) bond motifs is 1. The van der Waals surface area contributed by atoms with Gasteiger partial charge in [0.05, 0.1) is 6.54 Å². The fourth-order valence-electron chi connectivity index (χ4n) is 3.76. The Labute approximate surface area is 120 Å². The number of nitrogens with one attached hydrogen (secondary N) is 1. The van der Waals surface area contributed by atoms with Gasteiger partial charge in [-0.2, -0.15) is 0 Å². The van der Waals surface area contributed by atoms with Crippen LogP contribution in [0, 0.1) is 11.8 Å². The van der Waals surface area contributed by atoms with Gasteiger partial charge in [0.1, 0.15) is 0 Å². The van der Waals surface area contributed by atoms with Crippen LogP contribution in [0.15, 0.2) is 0 Å². The van der Waals surface area contributed by atoms with Crippen molar-refractivity contribution < 1.29 is 9.59 Å². The molecular formula is C15H25N3O2. The highest BCUT2D eigenvalue weighted by Crippen LogP contribution is 2.27. The lowest BCUT2D eigenvalue weighted by atomic mass is 9.92. The molecule has 20 heavy (non-hydrogen) atoms. The molecule has 3 fully saturated rings. The molecule has 5 nitrogen and oxygen atoms in total. The number of carbonyl (C=O) groups excluding carboxylic acids is 2. The van der Waals surface area contributed by atoms with Gasteiger partial charge in [-0.15, -0.1) is 0 Å². The molecule has 0 bridgehead atoms. The average Bonchev–Trinajstić information content (AvgIpc) is 2.80. The van der Waals surface area contributed by atoms with Crippen molar-refractivity contribution in [2.75, 3.05) is 39.3 Å². The Balaban J connectivity index is 1.53. The normalized spacial score (nSPS) is 31.1. The number of rotatable bonds is 2. The Morgan fingerprint density at radius 3 is 2.45 bits per heavy atom. The summed E-state index contributed by atoms with van der Waals surface area (Å²) in [5, 5.41) is 3.45. The summed E-state index contributed by atoms with van der Waals surface area (Å²) < 4.78 is 0. The summed E-state index contributed by atoms with van der Waals surface area (Å²) in [6.07, 6.45) is 4.84. The first kappa shape index (κ1) is 13.9. The van der Waals surface area contributed by atoms with Gasteiger partial charge in [-0.25, -0.2) is 0 Å². The molecule has 0 aromatic rings. The Morgan fingerprint density at radius 2 is 1.80 bits per heavy atom. The topological polar surface area (TPSA) is 52.7 Å². The molecule has 3 saturated heterocycles. The third-order valence-electron chi connectivity index (χ3n) is 5.12. The van der Waals surface area contributed by atoms with Gasteiger partial charge in [0.25, 0.3) is 0 Å². The van der Waals surface area contributed by atoms with Crippen LogP contribution in [0.3, 0.4) is 0 Å². The number of carbonyl (C=O) groups is 2. The summed E-state index contributed by atoms with van der Waals surface area (Å²) >= 11 is 0. The molecule has 0 spiro atoms. The van der Waals surface area contributed by atoms with E-state index in [1.165, 1.54) is 0 Å². The zero-order chi connectivity index (χ0) is 13.9. The van der Waals surface area contributed by atoms with Gasteiger partial charge in [-0.05, 0) is 50.6 Å². The second-order valence-corrected chi connectivity index (χ2v) is 6.41. The summed E-state index contributed by atoms with van der Waals surface area (Å²) in [5.74, 6) is 1.78. The van der Waals surface area contributed by atoms with Gasteiger partial charge in [0.15, 0.2) is 0 Å². The first-order chi connectivity index (χ1) is 9.74. The van der Waals surface area contributed by atoms with Gasteiger partial charge < -0.3 is 15.1 Å². The molecule has 2 amide bonds. The van der Waals surface area contributed by atoms with Crippen LogP contribution in [-0.2, 0) is 9.59 Å². The molecule has 0 radical (unpaired) electrons. The van der Waals surface area contributed by atoms with E-state index in [2.05, 4.69) is 5.32 Å². The van der Waals surface area contributed by atoms with E-state index in [0.717, 1.165) is 70.2 Å². The highest BCUT2D eigenvalue weighted by Gasteiger charge is 2.32. The van der Waals surface area contributed by atoms with Crippen molar-refractivity contribution in [1.29, 1.82) is 0 Å². The predicted molar refractivity (Wildman–Crippen MR) is 76.1 cm³/mol. The van der Waals surface area contributed by atoms with E-state index in [-0.39, 0.29) is 11.8 Å². The van der Waals surface area contributed by atoms with Crippen LogP contribution in [0.1, 0.15) is 32.1 Å². The third-order valence-corrected chi connectivity index (χ3v) is 5.12. The molecule has 2 atom stereocenters. The fraction of sp³-hybridized carbons (Fsp3) is 0.867. The Bertz CT molecular complexity index is 371. The first-order valence-electron chi connectivity index (χ1n) is 8.00. The van der Waals surface area contributed by atoms with Crippen molar-refractivity contribution in [3.63, 3.8) is 0 Å². The van der Waals surface area contributed by atoms with E-state index < -0.39 is 0 Å². The maximum Gasteiger partial charge on any atom is 0.242 e. The van der Waals surface area contributed by atoms with Crippen LogP contribution in [0.25, 0.3) is 0 Å². The summed E-state index contributed by atoms with van der Waals surface area (Å²) in [6, 6.07) is 0. The maximum atomic E-state index is 12.4. The molecule has 1 N–H and O–H groups in total. The predicted octanol–water partition coefficient (Wildman–Crippen LogP) is 0.457. The van der Waals surface area contributed by atoms with Crippen molar-refractivity contribution in [3.8, 4) is 0 Å². The van der Waals surface area contributed by atoms with Gasteiger partial charge >= 0.3 is 0 Å². The van der Waals surface area contributed by atoms with Gasteiger partial charge in [0.2, 0.25) is 11.8 Å². The molecule has 0 aromatic heterocycles. The molecule has 3 aliphatic heterocycles. The van der Waals surface area contributed by atoms with E-state index in [1.807, 2.05) is 4.90 Å². The van der Waals surface area contributed by atoms with Crippen LogP contribution in [0.5, 0.6) is 0 Å². The van der Waals surface area contributed by atoms with E-state index in [0.29, 0.717) is 13.0 Å². The molecular weight excluding hydrogens is 254 g/mol. The van der Waals surface area contributed by atoms with E-state index in [4.69, 9.17) is 0 Å². The Morgan fingerprint density at radius 1 is 1.10 bits per heavy atom. The molecule has 3 aliphatic rings. The van der Waals surface area contributed by atoms with Crippen LogP contribution in [0.2, 0.25) is 0 Å². The summed E-state index contributed by atoms with van der Waals surface area (Å²) in [6.45, 7) is 5.00. The number of amides is 2. The minimum atomic E-state index is 0.146. The van der Waals surface area contributed by atoms with Crippen molar-refractivity contribution in [3.05, 3.63) is 0 Å². The zero-order valence-electron chi connectivity index (χ0n) is 12.1. The van der Waals surface area contributed by atoms with E-state index >= 15 is 0 Å². The SMILES string of the molecule is O=C(CN1CCCCC1=O)N1CC[C@@H]2CNC[C@@H]2CC1. The number of likely N-dealkylation sites (tertiary alicyclic amines) is 2. The lowest BCUT2D eigenvalue weighted by Gasteiger charge is -2.29. The van der Waals surface area contributed by atoms with Crippen molar-refractivity contribution >= 4 is 11.8 Å². The summed E-state index contributed by atoms with van der Waals surface area (Å²) in [5.41, 5.74) is 0. The number of nitrogens with zero attached hydrogens (tertiary/aromatic N) is 2. The van der Waals surface area contributed by atoms with Gasteiger partial charge in [0, 0.05) is 26.1 Å². The van der Waals surface area contributed by atoms with E-state index in [1.54, 1.807) is 4.90 Å². The Kier molecular flexibility index (Phi) is 4.24. The number of hydrogen-bond acceptors (Lipinski definition) is 3. The van der Waals surface area contributed by atoms with E-state index in [9.17, 15) is 9.59 Å². The minimum Gasteiger partial charge on any atom is -0.341 e. The minimum absolute atomic E-state index is 0.146. The van der Waals surface area contributed by atoms with Crippen molar-refractivity contribution in [2.24, 2.45) is 11.8 Å². The quantitative estimate of drug-likeness (QED) is 0.799. The lowest BCUT2D eigenvalue weighted by Crippen LogP contribution is -2.45. The molecule has 112 valence electrons. The fourth-order valence-corrected chi connectivity index (χ4v) is 3.76. The zero-order valence-corrected chi connectivity index (χ0v) is 12.1. The van der Waals surface area contributed by atoms with Crippen LogP contribution < -0.4 is 5.32 Å². The molecule has 0 unspecified atom stereocenters. The van der Waals surface area contributed by atoms with Crippen LogP contribution in [-0.4, -0.2) is 60.9 Å². The van der Waals surface area contributed by atoms with Crippen LogP contribution >= 0.6 is 0 Å². The molecule has 3 rings (SSSR count). The second-order valence-electron chi connectivity index (χ2n) is 6.41. The summed E-state index contributed by atoms with van der Waals surface area (Å²) in [4.78, 5) is 27.9. The standard InChI is InChI=1S/C15H25N3O2/c19-14-3-1-2-6-18(14)11-15(20)17-7-4-12-9-16-10-13(12)5-8-17/h12-13,16H,1-11H2/t12-,13+. The number of piperidine rings is 1. The second kappa shape index (κ2) is 6.12. The van der Waals surface area contributed by atoms with Gasteiger partial charge in [-0.3, -0.25) is 9.59 Å². The molecule has 0 aromatic carbocycles. The molecule has 3 heterocycles. The summed E-state index contributed by atoms with van der Waals surface area (Å²) in [7, 11) is 0. The highest BCUT2D eigenvalue weighted by molar-refractivity contribution is 5.85. The van der Waals surface area contributed by atoms with Crippen molar-refractivity contribution in [2.45, 2.75) is 32.1 Å². The molecule has 5 heteroatoms. The monoisotopic (exact) mass is 279 g/mol. The van der Waals surface area contributed by atoms with Gasteiger partial charge in [-0.1, -0.05) is 0 Å². The van der Waals surface area contributed by atoms with Crippen LogP contribution in [0.4, 0.5) is 0 Å². The Hall–Kier alpha value is -1.10. The third kappa shape index (κ3) is 2.97. The average molecular weight is 279 g/mol. The first-order valence-corrected chi connectivity index (χ1v) is 8.00. The smallest absolute Gasteiger partial charge is 0.242 e. The largest absolute Gasteiger partial charge is 0.341 e. The maximum absolute atomic E-state index is 12.4. The highest BCUT2D eigenvalue weighted by atomic mass is 16.2. The lowest BCUT2D eigenvalue weighted by molar-refractivity contribution is -0.141. The van der Waals surface area contributed by atoms with Crippen molar-refractivity contribution in [1.82, 2.24) is 15.1 Å². The molecule has 0 saturated carbocycles. The number of hydrogen-bond donors (Lipinski definition) is 1.